The van der Waals surface area contributed by atoms with Crippen molar-refractivity contribution in [2.24, 2.45) is 11.6 Å². The van der Waals surface area contributed by atoms with Gasteiger partial charge in [0.15, 0.2) is 0 Å². The summed E-state index contributed by atoms with van der Waals surface area (Å²) in [6.45, 7) is 4.63. The van der Waals surface area contributed by atoms with Crippen LogP contribution in [0.4, 0.5) is 11.6 Å². The second kappa shape index (κ2) is 6.00. The minimum absolute atomic E-state index is 0.126. The smallest absolute Gasteiger partial charge is 0.236 e. The molecule has 17 heavy (non-hydrogen) atoms. The van der Waals surface area contributed by atoms with Crippen LogP contribution in [0.5, 0.6) is 0 Å². The standard InChI is InChI=1S/C10H18N6O/c1-3-8-13-9(15-12)5-10(14-8)16(4-2)6-7(11)17/h5H,3-4,6,12H2,1-2H3,(H2,11,17)(H,13,14,15). The van der Waals surface area contributed by atoms with Crippen LogP contribution >= 0.6 is 0 Å². The highest BCUT2D eigenvalue weighted by atomic mass is 16.1. The Labute approximate surface area is 100 Å². The summed E-state index contributed by atoms with van der Waals surface area (Å²) in [6, 6.07) is 1.69. The molecule has 0 aromatic carbocycles. The normalized spacial score (nSPS) is 10.1. The molecule has 0 unspecified atom stereocenters. The Morgan fingerprint density at radius 3 is 2.65 bits per heavy atom. The molecule has 7 nitrogen and oxygen atoms in total. The fourth-order valence-corrected chi connectivity index (χ4v) is 1.42. The van der Waals surface area contributed by atoms with Gasteiger partial charge >= 0.3 is 0 Å². The number of primary amides is 1. The van der Waals surface area contributed by atoms with Crippen molar-refractivity contribution in [3.8, 4) is 0 Å². The van der Waals surface area contributed by atoms with E-state index in [1.807, 2.05) is 13.8 Å². The van der Waals surface area contributed by atoms with E-state index in [0.29, 0.717) is 30.4 Å². The van der Waals surface area contributed by atoms with Crippen LogP contribution in [0.25, 0.3) is 0 Å². The third-order valence-corrected chi connectivity index (χ3v) is 2.28. The van der Waals surface area contributed by atoms with Crippen LogP contribution in [-0.4, -0.2) is 29.0 Å². The quantitative estimate of drug-likeness (QED) is 0.461. The van der Waals surface area contributed by atoms with E-state index in [9.17, 15) is 4.79 Å². The number of nitrogen functional groups attached to an aromatic ring is 1. The van der Waals surface area contributed by atoms with E-state index in [0.717, 1.165) is 0 Å². The molecular weight excluding hydrogens is 220 g/mol. The highest BCUT2D eigenvalue weighted by Gasteiger charge is 2.11. The van der Waals surface area contributed by atoms with Crippen LogP contribution in [-0.2, 0) is 11.2 Å². The van der Waals surface area contributed by atoms with Crippen molar-refractivity contribution in [1.29, 1.82) is 0 Å². The largest absolute Gasteiger partial charge is 0.368 e. The monoisotopic (exact) mass is 238 g/mol. The molecule has 94 valence electrons. The molecule has 1 rings (SSSR count). The summed E-state index contributed by atoms with van der Waals surface area (Å²) in [5.41, 5.74) is 7.66. The van der Waals surface area contributed by atoms with Crippen LogP contribution in [0.2, 0.25) is 0 Å². The zero-order chi connectivity index (χ0) is 12.8. The lowest BCUT2D eigenvalue weighted by atomic mass is 10.4. The molecule has 1 heterocycles. The summed E-state index contributed by atoms with van der Waals surface area (Å²) in [5, 5.41) is 0. The van der Waals surface area contributed by atoms with Gasteiger partial charge in [0.1, 0.15) is 17.5 Å². The zero-order valence-corrected chi connectivity index (χ0v) is 10.1. The third kappa shape index (κ3) is 3.56. The van der Waals surface area contributed by atoms with Gasteiger partial charge in [0.05, 0.1) is 6.54 Å². The number of amides is 1. The van der Waals surface area contributed by atoms with Crippen molar-refractivity contribution in [3.63, 3.8) is 0 Å². The number of likely N-dealkylation sites (N-methyl/N-ethyl adjacent to an activating group) is 1. The minimum atomic E-state index is -0.397. The zero-order valence-electron chi connectivity index (χ0n) is 10.1. The molecule has 0 aliphatic heterocycles. The lowest BCUT2D eigenvalue weighted by Crippen LogP contribution is -2.34. The van der Waals surface area contributed by atoms with Crippen molar-refractivity contribution >= 4 is 17.5 Å². The molecule has 0 atom stereocenters. The summed E-state index contributed by atoms with van der Waals surface area (Å²) in [4.78, 5) is 21.2. The maximum atomic E-state index is 10.9. The molecule has 0 aliphatic carbocycles. The number of nitrogens with two attached hydrogens (primary N) is 2. The number of aromatic nitrogens is 2. The number of carbonyl (C=O) groups excluding carboxylic acids is 1. The molecule has 0 saturated carbocycles. The maximum Gasteiger partial charge on any atom is 0.236 e. The predicted molar refractivity (Wildman–Crippen MR) is 66.3 cm³/mol. The lowest BCUT2D eigenvalue weighted by Gasteiger charge is -2.21. The molecule has 1 aromatic rings. The molecule has 0 radical (unpaired) electrons. The second-order valence-corrected chi connectivity index (χ2v) is 3.51. The van der Waals surface area contributed by atoms with Gasteiger partial charge in [-0.2, -0.15) is 0 Å². The summed E-state index contributed by atoms with van der Waals surface area (Å²) >= 11 is 0. The van der Waals surface area contributed by atoms with Gasteiger partial charge in [0.25, 0.3) is 0 Å². The Kier molecular flexibility index (Phi) is 4.65. The molecule has 0 aliphatic rings. The van der Waals surface area contributed by atoms with Crippen molar-refractivity contribution in [3.05, 3.63) is 11.9 Å². The van der Waals surface area contributed by atoms with Gasteiger partial charge in [0, 0.05) is 19.0 Å². The number of anilines is 2. The first-order valence-corrected chi connectivity index (χ1v) is 5.48. The van der Waals surface area contributed by atoms with Crippen LogP contribution < -0.4 is 21.9 Å². The van der Waals surface area contributed by atoms with E-state index in [1.54, 1.807) is 11.0 Å². The van der Waals surface area contributed by atoms with Gasteiger partial charge in [-0.25, -0.2) is 15.8 Å². The molecule has 1 amide bonds. The molecule has 1 aromatic heterocycles. The second-order valence-electron chi connectivity index (χ2n) is 3.51. The van der Waals surface area contributed by atoms with E-state index in [2.05, 4.69) is 15.4 Å². The first kappa shape index (κ1) is 13.2. The molecule has 0 fully saturated rings. The van der Waals surface area contributed by atoms with Gasteiger partial charge in [-0.15, -0.1) is 0 Å². The van der Waals surface area contributed by atoms with E-state index in [1.165, 1.54) is 0 Å². The lowest BCUT2D eigenvalue weighted by molar-refractivity contribution is -0.116. The number of hydrogen-bond acceptors (Lipinski definition) is 6. The molecule has 0 bridgehead atoms. The van der Waals surface area contributed by atoms with E-state index in [4.69, 9.17) is 11.6 Å². The van der Waals surface area contributed by atoms with E-state index >= 15 is 0 Å². The molecule has 0 saturated heterocycles. The van der Waals surface area contributed by atoms with Crippen LogP contribution in [0.15, 0.2) is 6.07 Å². The fourth-order valence-electron chi connectivity index (χ4n) is 1.42. The van der Waals surface area contributed by atoms with Crippen molar-refractivity contribution < 1.29 is 4.79 Å². The number of hydrogen-bond donors (Lipinski definition) is 3. The predicted octanol–water partition coefficient (Wildman–Crippen LogP) is -0.364. The average molecular weight is 238 g/mol. The molecule has 5 N–H and O–H groups in total. The topological polar surface area (TPSA) is 110 Å². The van der Waals surface area contributed by atoms with Crippen molar-refractivity contribution in [2.45, 2.75) is 20.3 Å². The number of aryl methyl sites for hydroxylation is 1. The van der Waals surface area contributed by atoms with E-state index in [-0.39, 0.29) is 6.54 Å². The Morgan fingerprint density at radius 1 is 1.47 bits per heavy atom. The number of hydrazine groups is 1. The summed E-state index contributed by atoms with van der Waals surface area (Å²) < 4.78 is 0. The van der Waals surface area contributed by atoms with Crippen molar-refractivity contribution in [1.82, 2.24) is 9.97 Å². The first-order valence-electron chi connectivity index (χ1n) is 5.48. The average Bonchev–Trinajstić information content (AvgIpc) is 2.34. The maximum absolute atomic E-state index is 10.9. The highest BCUT2D eigenvalue weighted by Crippen LogP contribution is 2.15. The van der Waals surface area contributed by atoms with E-state index < -0.39 is 5.91 Å². The van der Waals surface area contributed by atoms with Gasteiger partial charge < -0.3 is 16.1 Å². The fraction of sp³-hybridized carbons (Fsp3) is 0.500. The van der Waals surface area contributed by atoms with Gasteiger partial charge in [-0.3, -0.25) is 4.79 Å². The number of nitrogens with one attached hydrogen (secondary N) is 1. The Balaban J connectivity index is 3.04. The summed E-state index contributed by atoms with van der Waals surface area (Å²) in [7, 11) is 0. The molecule has 7 heteroatoms. The highest BCUT2D eigenvalue weighted by molar-refractivity contribution is 5.79. The van der Waals surface area contributed by atoms with Gasteiger partial charge in [-0.1, -0.05) is 6.92 Å². The SMILES string of the molecule is CCc1nc(NN)cc(N(CC)CC(N)=O)n1. The summed E-state index contributed by atoms with van der Waals surface area (Å²) in [5.74, 6) is 6.77. The van der Waals surface area contributed by atoms with Crippen molar-refractivity contribution in [2.75, 3.05) is 23.4 Å². The number of rotatable bonds is 6. The number of nitrogens with zero attached hydrogens (tertiary/aromatic N) is 3. The Bertz CT molecular complexity index is 372. The minimum Gasteiger partial charge on any atom is -0.368 e. The van der Waals surface area contributed by atoms with Crippen LogP contribution in [0.3, 0.4) is 0 Å². The Morgan fingerprint density at radius 2 is 2.18 bits per heavy atom. The van der Waals surface area contributed by atoms with Crippen LogP contribution in [0.1, 0.15) is 19.7 Å². The first-order chi connectivity index (χ1) is 8.10. The Hall–Kier alpha value is -1.89. The molecular formula is C10H18N6O. The molecule has 0 spiro atoms. The van der Waals surface area contributed by atoms with Crippen LogP contribution in [0, 0.1) is 0 Å². The van der Waals surface area contributed by atoms with Gasteiger partial charge in [0.2, 0.25) is 5.91 Å². The third-order valence-electron chi connectivity index (χ3n) is 2.28. The number of carbonyl (C=O) groups is 1. The summed E-state index contributed by atoms with van der Waals surface area (Å²) in [6.07, 6.45) is 0.691. The van der Waals surface area contributed by atoms with Gasteiger partial charge in [-0.05, 0) is 6.92 Å².